The maximum atomic E-state index is 13.9. The van der Waals surface area contributed by atoms with Crippen LogP contribution in [-0.4, -0.2) is 99.2 Å². The van der Waals surface area contributed by atoms with Crippen molar-refractivity contribution in [2.75, 3.05) is 46.5 Å². The average Bonchev–Trinajstić information content (AvgIpc) is 4.07. The Hall–Kier alpha value is -5.95. The van der Waals surface area contributed by atoms with Gasteiger partial charge in [-0.15, -0.1) is 0 Å². The number of methoxy groups -OCH3 is 1. The van der Waals surface area contributed by atoms with Gasteiger partial charge in [0.2, 0.25) is 0 Å². The maximum absolute atomic E-state index is 13.9. The van der Waals surface area contributed by atoms with Crippen molar-refractivity contribution in [2.45, 2.75) is 43.8 Å². The molecule has 3 N–H and O–H groups in total. The Morgan fingerprint density at radius 3 is 1.80 bits per heavy atom. The Labute approximate surface area is 313 Å². The van der Waals surface area contributed by atoms with Crippen molar-refractivity contribution in [3.8, 4) is 33.6 Å². The highest BCUT2D eigenvalue weighted by Crippen LogP contribution is 2.36. The third-order valence-electron chi connectivity index (χ3n) is 10.7. The first-order valence-corrected chi connectivity index (χ1v) is 18.6. The Morgan fingerprint density at radius 2 is 1.24 bits per heavy atom. The number of ether oxygens (including phenoxy) is 2. The van der Waals surface area contributed by atoms with E-state index in [4.69, 9.17) is 19.4 Å². The van der Waals surface area contributed by atoms with Gasteiger partial charge in [0.05, 0.1) is 56.2 Å². The van der Waals surface area contributed by atoms with E-state index in [1.807, 2.05) is 52.5 Å². The second-order valence-corrected chi connectivity index (χ2v) is 13.9. The van der Waals surface area contributed by atoms with E-state index in [1.165, 1.54) is 7.11 Å². The molecule has 3 atom stereocenters. The lowest BCUT2D eigenvalue weighted by Gasteiger charge is -2.33. The van der Waals surface area contributed by atoms with E-state index in [0.717, 1.165) is 71.7 Å². The molecule has 0 aliphatic carbocycles. The summed E-state index contributed by atoms with van der Waals surface area (Å²) in [7, 11) is 1.29. The van der Waals surface area contributed by atoms with Gasteiger partial charge in [-0.25, -0.2) is 19.6 Å². The van der Waals surface area contributed by atoms with Gasteiger partial charge >= 0.3 is 12.1 Å². The summed E-state index contributed by atoms with van der Waals surface area (Å²) in [5.41, 5.74) is 6.65. The van der Waals surface area contributed by atoms with Crippen molar-refractivity contribution < 1.29 is 23.9 Å². The molecule has 0 spiro atoms. The molecule has 3 aliphatic rings. The Bertz CT molecular complexity index is 2070. The summed E-state index contributed by atoms with van der Waals surface area (Å²) in [6.07, 6.45) is 6.45. The number of imidazole rings is 2. The van der Waals surface area contributed by atoms with Crippen LogP contribution < -0.4 is 5.32 Å². The minimum atomic E-state index is -0.868. The van der Waals surface area contributed by atoms with E-state index in [2.05, 4.69) is 63.8 Å². The standard InChI is InChI=1S/C41H44N8O5/c1-53-40(51)46-36(31-7-3-2-4-8-31)39(50)48-19-5-9-34(48)37-42-25-32(44-37)29-15-11-27(12-16-29)28-13-17-30(18-14-28)33-26-43-38(45-33)35-10-6-20-49(35)41(52)47-21-23-54-24-22-47/h2-4,7-8,11-18,25-26,34-36H,5-6,9-10,19-24H2,1H3,(H,42,44)(H,43,45)(H,46,51)/t34-,35-,36+/m0/s1. The Kier molecular flexibility index (Phi) is 10.1. The van der Waals surface area contributed by atoms with Crippen molar-refractivity contribution in [2.24, 2.45) is 0 Å². The first kappa shape index (κ1) is 35.1. The minimum absolute atomic E-state index is 0.0558. The number of nitrogens with one attached hydrogen (secondary N) is 3. The van der Waals surface area contributed by atoms with E-state index in [1.54, 1.807) is 4.90 Å². The van der Waals surface area contributed by atoms with Crippen LogP contribution in [0.4, 0.5) is 9.59 Å². The molecule has 3 aromatic carbocycles. The molecule has 0 unspecified atom stereocenters. The summed E-state index contributed by atoms with van der Waals surface area (Å²) in [6.45, 7) is 3.73. The van der Waals surface area contributed by atoms with E-state index in [0.29, 0.717) is 44.2 Å². The number of benzene rings is 3. The maximum Gasteiger partial charge on any atom is 0.407 e. The van der Waals surface area contributed by atoms with Crippen LogP contribution in [0.5, 0.6) is 0 Å². The summed E-state index contributed by atoms with van der Waals surface area (Å²) in [4.78, 5) is 61.3. The van der Waals surface area contributed by atoms with E-state index >= 15 is 0 Å². The van der Waals surface area contributed by atoms with Gasteiger partial charge < -0.3 is 39.5 Å². The second kappa shape index (κ2) is 15.6. The quantitative estimate of drug-likeness (QED) is 0.166. The molecule has 3 fully saturated rings. The summed E-state index contributed by atoms with van der Waals surface area (Å²) >= 11 is 0. The molecule has 0 saturated carbocycles. The normalized spacial score (nSPS) is 19.2. The fourth-order valence-corrected chi connectivity index (χ4v) is 7.80. The summed E-state index contributed by atoms with van der Waals surface area (Å²) in [6, 6.07) is 24.8. The topological polar surface area (TPSA) is 149 Å². The van der Waals surface area contributed by atoms with Gasteiger partial charge in [-0.2, -0.15) is 0 Å². The number of rotatable bonds is 8. The molecule has 54 heavy (non-hydrogen) atoms. The number of amides is 4. The lowest BCUT2D eigenvalue weighted by molar-refractivity contribution is -0.134. The Morgan fingerprint density at radius 1 is 0.722 bits per heavy atom. The number of H-pyrrole nitrogens is 2. The molecule has 278 valence electrons. The highest BCUT2D eigenvalue weighted by molar-refractivity contribution is 5.87. The molecule has 0 bridgehead atoms. The largest absolute Gasteiger partial charge is 0.453 e. The molecular formula is C41H44N8O5. The van der Waals surface area contributed by atoms with Crippen LogP contribution in [0.25, 0.3) is 33.6 Å². The zero-order valence-electron chi connectivity index (χ0n) is 30.2. The summed E-state index contributed by atoms with van der Waals surface area (Å²) in [5.74, 6) is 1.34. The van der Waals surface area contributed by atoms with Gasteiger partial charge in [-0.1, -0.05) is 78.9 Å². The summed E-state index contributed by atoms with van der Waals surface area (Å²) < 4.78 is 10.3. The molecule has 0 radical (unpaired) electrons. The number of likely N-dealkylation sites (tertiary alicyclic amines) is 2. The average molecular weight is 729 g/mol. The van der Waals surface area contributed by atoms with Crippen LogP contribution in [-0.2, 0) is 14.3 Å². The number of alkyl carbamates (subject to hydrolysis) is 1. The SMILES string of the molecule is COC(=O)N[C@@H](C(=O)N1CCC[C@H]1c1ncc(-c2ccc(-c3ccc(-c4cnc([C@@H]5CCCN5C(=O)N5CCOCC5)[nH]4)cc3)cc2)[nH]1)c1ccccc1. The van der Waals surface area contributed by atoms with Crippen LogP contribution in [0, 0.1) is 0 Å². The number of urea groups is 1. The lowest BCUT2D eigenvalue weighted by Crippen LogP contribution is -2.48. The third-order valence-corrected chi connectivity index (χ3v) is 10.7. The molecule has 5 aromatic rings. The molecule has 4 amide bonds. The first-order chi connectivity index (χ1) is 26.5. The zero-order chi connectivity index (χ0) is 37.0. The van der Waals surface area contributed by atoms with Crippen molar-refractivity contribution in [3.05, 3.63) is 108 Å². The van der Waals surface area contributed by atoms with Crippen molar-refractivity contribution in [1.82, 2.24) is 40.0 Å². The van der Waals surface area contributed by atoms with Gasteiger partial charge in [0.15, 0.2) is 0 Å². The van der Waals surface area contributed by atoms with Crippen LogP contribution in [0.15, 0.2) is 91.3 Å². The van der Waals surface area contributed by atoms with E-state index < -0.39 is 12.1 Å². The number of carbonyl (C=O) groups excluding carboxylic acids is 3. The van der Waals surface area contributed by atoms with E-state index in [-0.39, 0.29) is 24.0 Å². The van der Waals surface area contributed by atoms with Crippen LogP contribution in [0.3, 0.4) is 0 Å². The molecule has 13 heteroatoms. The highest BCUT2D eigenvalue weighted by Gasteiger charge is 2.37. The number of hydrogen-bond acceptors (Lipinski definition) is 7. The van der Waals surface area contributed by atoms with Crippen LogP contribution >= 0.6 is 0 Å². The molecule has 13 nitrogen and oxygen atoms in total. The van der Waals surface area contributed by atoms with Crippen LogP contribution in [0.2, 0.25) is 0 Å². The smallest absolute Gasteiger partial charge is 0.407 e. The molecule has 8 rings (SSSR count). The van der Waals surface area contributed by atoms with Crippen molar-refractivity contribution in [1.29, 1.82) is 0 Å². The third kappa shape index (κ3) is 7.19. The van der Waals surface area contributed by atoms with Crippen LogP contribution in [0.1, 0.15) is 61.0 Å². The predicted molar refractivity (Wildman–Crippen MR) is 202 cm³/mol. The van der Waals surface area contributed by atoms with E-state index in [9.17, 15) is 14.4 Å². The molecule has 5 heterocycles. The Balaban J connectivity index is 0.924. The molecule has 2 aromatic heterocycles. The molecular weight excluding hydrogens is 685 g/mol. The number of nitrogens with zero attached hydrogens (tertiary/aromatic N) is 5. The number of aromatic amines is 2. The number of morpholine rings is 1. The monoisotopic (exact) mass is 728 g/mol. The van der Waals surface area contributed by atoms with Gasteiger partial charge in [0.1, 0.15) is 17.7 Å². The number of hydrogen-bond donors (Lipinski definition) is 3. The fourth-order valence-electron chi connectivity index (χ4n) is 7.80. The fraction of sp³-hybridized carbons (Fsp3) is 0.341. The van der Waals surface area contributed by atoms with Gasteiger partial charge in [-0.05, 0) is 53.5 Å². The number of carbonyl (C=O) groups is 3. The molecule has 3 aliphatic heterocycles. The second-order valence-electron chi connectivity index (χ2n) is 13.9. The zero-order valence-corrected chi connectivity index (χ0v) is 30.2. The minimum Gasteiger partial charge on any atom is -0.453 e. The van der Waals surface area contributed by atoms with Gasteiger partial charge in [-0.3, -0.25) is 4.79 Å². The number of aromatic nitrogens is 4. The summed E-state index contributed by atoms with van der Waals surface area (Å²) in [5, 5.41) is 2.71. The molecule has 3 saturated heterocycles. The lowest BCUT2D eigenvalue weighted by atomic mass is 10.0. The van der Waals surface area contributed by atoms with Crippen molar-refractivity contribution >= 4 is 18.0 Å². The van der Waals surface area contributed by atoms with Gasteiger partial charge in [0, 0.05) is 26.2 Å². The first-order valence-electron chi connectivity index (χ1n) is 18.6. The predicted octanol–water partition coefficient (Wildman–Crippen LogP) is 6.48. The van der Waals surface area contributed by atoms with Gasteiger partial charge in [0.25, 0.3) is 5.91 Å². The van der Waals surface area contributed by atoms with Crippen molar-refractivity contribution in [3.63, 3.8) is 0 Å². The highest BCUT2D eigenvalue weighted by atomic mass is 16.5.